The van der Waals surface area contributed by atoms with Gasteiger partial charge in [0.2, 0.25) is 0 Å². The van der Waals surface area contributed by atoms with E-state index in [1.165, 1.54) is 0 Å². The van der Waals surface area contributed by atoms with Crippen molar-refractivity contribution in [2.45, 2.75) is 20.8 Å². The lowest BCUT2D eigenvalue weighted by atomic mass is 10.2. The molecule has 5 nitrogen and oxygen atoms in total. The molecule has 0 aromatic heterocycles. The third kappa shape index (κ3) is 3.02. The summed E-state index contributed by atoms with van der Waals surface area (Å²) in [5, 5.41) is 8.52. The van der Waals surface area contributed by atoms with Gasteiger partial charge in [0.1, 0.15) is 0 Å². The van der Waals surface area contributed by atoms with Gasteiger partial charge in [0, 0.05) is 0 Å². The van der Waals surface area contributed by atoms with Crippen molar-refractivity contribution in [1.82, 2.24) is 0 Å². The SMILES string of the molecule is N#Cc1cc(S(=O)(=O)C(F)(F)F)cc(S(=O)(=O)C(F)(F)F)c1. The molecule has 0 aliphatic carbocycles. The Morgan fingerprint density at radius 2 is 1.09 bits per heavy atom. The predicted octanol–water partition coefficient (Wildman–Crippen LogP) is 2.15. The van der Waals surface area contributed by atoms with Gasteiger partial charge >= 0.3 is 11.0 Å². The van der Waals surface area contributed by atoms with Crippen LogP contribution in [0.1, 0.15) is 5.56 Å². The Kier molecular flexibility index (Phi) is 4.25. The first-order valence-electron chi connectivity index (χ1n) is 4.82. The maximum Gasteiger partial charge on any atom is 0.501 e. The molecule has 0 atom stereocenters. The number of hydrogen-bond acceptors (Lipinski definition) is 5. The van der Waals surface area contributed by atoms with Gasteiger partial charge in [-0.15, -0.1) is 0 Å². The average molecular weight is 367 g/mol. The summed E-state index contributed by atoms with van der Waals surface area (Å²) in [6, 6.07) is 1.04. The number of sulfone groups is 2. The van der Waals surface area contributed by atoms with Gasteiger partial charge in [-0.05, 0) is 18.2 Å². The maximum absolute atomic E-state index is 12.4. The summed E-state index contributed by atoms with van der Waals surface area (Å²) in [5.74, 6) is 0. The van der Waals surface area contributed by atoms with E-state index in [1.807, 2.05) is 0 Å². The van der Waals surface area contributed by atoms with Crippen LogP contribution >= 0.6 is 0 Å². The molecule has 122 valence electrons. The van der Waals surface area contributed by atoms with E-state index in [1.54, 1.807) is 0 Å². The molecule has 0 heterocycles. The molecule has 0 aliphatic rings. The number of benzene rings is 1. The largest absolute Gasteiger partial charge is 0.501 e. The lowest BCUT2D eigenvalue weighted by Crippen LogP contribution is -2.26. The molecule has 0 amide bonds. The highest BCUT2D eigenvalue weighted by atomic mass is 32.2. The second-order valence-electron chi connectivity index (χ2n) is 3.70. The summed E-state index contributed by atoms with van der Waals surface area (Å²) < 4.78 is 119. The van der Waals surface area contributed by atoms with E-state index in [0.717, 1.165) is 6.07 Å². The highest BCUT2D eigenvalue weighted by Gasteiger charge is 2.50. The summed E-state index contributed by atoms with van der Waals surface area (Å²) in [6.45, 7) is 0. The van der Waals surface area contributed by atoms with Crippen molar-refractivity contribution in [2.75, 3.05) is 0 Å². The average Bonchev–Trinajstić information content (AvgIpc) is 2.35. The smallest absolute Gasteiger partial charge is 0.214 e. The predicted molar refractivity (Wildman–Crippen MR) is 57.6 cm³/mol. The van der Waals surface area contributed by atoms with E-state index in [0.29, 0.717) is 0 Å². The highest BCUT2D eigenvalue weighted by molar-refractivity contribution is 7.93. The zero-order valence-electron chi connectivity index (χ0n) is 9.90. The van der Waals surface area contributed by atoms with Gasteiger partial charge in [-0.25, -0.2) is 16.8 Å². The van der Waals surface area contributed by atoms with Crippen molar-refractivity contribution in [3.05, 3.63) is 23.8 Å². The molecule has 0 saturated heterocycles. The molecule has 0 N–H and O–H groups in total. The van der Waals surface area contributed by atoms with Gasteiger partial charge in [-0.1, -0.05) is 0 Å². The maximum atomic E-state index is 12.4. The van der Waals surface area contributed by atoms with E-state index >= 15 is 0 Å². The second kappa shape index (κ2) is 5.13. The van der Waals surface area contributed by atoms with Crippen LogP contribution in [0.5, 0.6) is 0 Å². The third-order valence-electron chi connectivity index (χ3n) is 2.24. The van der Waals surface area contributed by atoms with E-state index in [9.17, 15) is 43.2 Å². The molecule has 0 unspecified atom stereocenters. The van der Waals surface area contributed by atoms with Crippen LogP contribution in [0.4, 0.5) is 26.3 Å². The van der Waals surface area contributed by atoms with E-state index in [4.69, 9.17) is 5.26 Å². The summed E-state index contributed by atoms with van der Waals surface area (Å²) in [4.78, 5) is -3.55. The Balaban J connectivity index is 3.78. The fourth-order valence-corrected chi connectivity index (χ4v) is 2.95. The van der Waals surface area contributed by atoms with Crippen LogP contribution in [0.2, 0.25) is 0 Å². The lowest BCUT2D eigenvalue weighted by molar-refractivity contribution is -0.0438. The minimum absolute atomic E-state index is 0.123. The number of alkyl halides is 6. The molecule has 0 fully saturated rings. The van der Waals surface area contributed by atoms with Crippen molar-refractivity contribution in [2.24, 2.45) is 0 Å². The highest BCUT2D eigenvalue weighted by Crippen LogP contribution is 2.35. The molecule has 0 radical (unpaired) electrons. The monoisotopic (exact) mass is 367 g/mol. The second-order valence-corrected chi connectivity index (χ2v) is 7.59. The Morgan fingerprint density at radius 1 is 0.773 bits per heavy atom. The first-order chi connectivity index (χ1) is 9.64. The molecule has 1 aromatic rings. The van der Waals surface area contributed by atoms with Crippen molar-refractivity contribution < 1.29 is 43.2 Å². The van der Waals surface area contributed by atoms with Gasteiger partial charge in [0.15, 0.2) is 0 Å². The summed E-state index contributed by atoms with van der Waals surface area (Å²) in [6.07, 6.45) is 0. The van der Waals surface area contributed by atoms with Gasteiger partial charge in [0.25, 0.3) is 19.7 Å². The van der Waals surface area contributed by atoms with Crippen LogP contribution in [0, 0.1) is 11.3 Å². The van der Waals surface area contributed by atoms with E-state index in [2.05, 4.69) is 0 Å². The van der Waals surface area contributed by atoms with Crippen molar-refractivity contribution in [3.63, 3.8) is 0 Å². The van der Waals surface area contributed by atoms with Crippen LogP contribution in [-0.4, -0.2) is 27.9 Å². The molecular formula is C9H3F6NO4S2. The minimum Gasteiger partial charge on any atom is -0.214 e. The van der Waals surface area contributed by atoms with Crippen LogP contribution in [0.3, 0.4) is 0 Å². The van der Waals surface area contributed by atoms with Crippen molar-refractivity contribution >= 4 is 19.7 Å². The normalized spacial score (nSPS) is 13.7. The fraction of sp³-hybridized carbons (Fsp3) is 0.222. The molecule has 13 heteroatoms. The van der Waals surface area contributed by atoms with Crippen LogP contribution < -0.4 is 0 Å². The topological polar surface area (TPSA) is 92.1 Å². The van der Waals surface area contributed by atoms with Crippen LogP contribution in [0.25, 0.3) is 0 Å². The fourth-order valence-electron chi connectivity index (χ4n) is 1.21. The zero-order valence-corrected chi connectivity index (χ0v) is 11.5. The van der Waals surface area contributed by atoms with Crippen molar-refractivity contribution in [1.29, 1.82) is 5.26 Å². The Morgan fingerprint density at radius 3 is 1.32 bits per heavy atom. The standard InChI is InChI=1S/C9H3F6NO4S2/c10-8(11,12)21(17,18)6-1-5(4-16)2-7(3-6)22(19,20)9(13,14)15/h1-3H. The van der Waals surface area contributed by atoms with Crippen LogP contribution in [0.15, 0.2) is 28.0 Å². The Labute approximate surface area is 119 Å². The van der Waals surface area contributed by atoms with Gasteiger partial charge in [-0.3, -0.25) is 0 Å². The van der Waals surface area contributed by atoms with E-state index < -0.39 is 46.0 Å². The Hall–Kier alpha value is -1.81. The summed E-state index contributed by atoms with van der Waals surface area (Å²) in [7, 11) is -12.2. The van der Waals surface area contributed by atoms with Crippen molar-refractivity contribution in [3.8, 4) is 6.07 Å². The molecule has 0 spiro atoms. The number of nitriles is 1. The first-order valence-corrected chi connectivity index (χ1v) is 7.79. The van der Waals surface area contributed by atoms with Gasteiger partial charge < -0.3 is 0 Å². The Bertz CT molecular complexity index is 783. The number of nitrogens with zero attached hydrogens (tertiary/aromatic N) is 1. The number of halogens is 6. The molecule has 0 aliphatic heterocycles. The molecule has 1 rings (SSSR count). The third-order valence-corrected chi connectivity index (χ3v) is 5.17. The van der Waals surface area contributed by atoms with E-state index in [-0.39, 0.29) is 18.2 Å². The quantitative estimate of drug-likeness (QED) is 0.747. The zero-order chi connectivity index (χ0) is 17.6. The molecule has 0 saturated carbocycles. The first kappa shape index (κ1) is 18.2. The molecular weight excluding hydrogens is 364 g/mol. The van der Waals surface area contributed by atoms with Crippen LogP contribution in [-0.2, 0) is 19.7 Å². The molecule has 22 heavy (non-hydrogen) atoms. The summed E-state index contributed by atoms with van der Waals surface area (Å²) >= 11 is 0. The van der Waals surface area contributed by atoms with Gasteiger partial charge in [-0.2, -0.15) is 31.6 Å². The summed E-state index contributed by atoms with van der Waals surface area (Å²) in [5.41, 5.74) is -12.7. The molecule has 0 bridgehead atoms. The number of rotatable bonds is 2. The molecule has 1 aromatic carbocycles. The lowest BCUT2D eigenvalue weighted by Gasteiger charge is -2.12. The number of hydrogen-bond donors (Lipinski definition) is 0. The van der Waals surface area contributed by atoms with Gasteiger partial charge in [0.05, 0.1) is 21.4 Å². The minimum atomic E-state index is -6.12.